The van der Waals surface area contributed by atoms with Gasteiger partial charge in [-0.2, -0.15) is 0 Å². The Labute approximate surface area is 148 Å². The van der Waals surface area contributed by atoms with Crippen molar-refractivity contribution in [1.29, 1.82) is 0 Å². The van der Waals surface area contributed by atoms with Crippen molar-refractivity contribution in [3.63, 3.8) is 0 Å². The van der Waals surface area contributed by atoms with Gasteiger partial charge in [-0.3, -0.25) is 0 Å². The van der Waals surface area contributed by atoms with E-state index >= 15 is 0 Å². The third-order valence-corrected chi connectivity index (χ3v) is 4.85. The number of rotatable bonds is 4. The maximum Gasteiger partial charge on any atom is 0.160 e. The summed E-state index contributed by atoms with van der Waals surface area (Å²) >= 11 is 30.0. The average molecular weight is 383 g/mol. The Bertz CT molecular complexity index is 639. The van der Waals surface area contributed by atoms with Gasteiger partial charge >= 0.3 is 0 Å². The molecule has 0 aliphatic heterocycles. The fourth-order valence-electron chi connectivity index (χ4n) is 1.59. The first-order chi connectivity index (χ1) is 10.0. The lowest BCUT2D eigenvalue weighted by atomic mass is 10.2. The van der Waals surface area contributed by atoms with Crippen molar-refractivity contribution in [2.75, 3.05) is 6.61 Å². The molecule has 0 saturated carbocycles. The average Bonchev–Trinajstić information content (AvgIpc) is 2.51. The van der Waals surface area contributed by atoms with Gasteiger partial charge in [0.05, 0.1) is 15.1 Å². The monoisotopic (exact) mass is 380 g/mol. The molecule has 110 valence electrons. The molecule has 0 spiro atoms. The smallest absolute Gasteiger partial charge is 0.160 e. The Morgan fingerprint density at radius 3 is 1.86 bits per heavy atom. The highest BCUT2D eigenvalue weighted by Gasteiger charge is 2.20. The summed E-state index contributed by atoms with van der Waals surface area (Å²) < 4.78 is 5.53. The zero-order valence-corrected chi connectivity index (χ0v) is 14.3. The van der Waals surface area contributed by atoms with Crippen LogP contribution in [0.1, 0.15) is 5.56 Å². The SMILES string of the molecule is Clc1c(Cl)c(Cl)c(OCC=Cc2ccccc2)c(Cl)c1Cl. The van der Waals surface area contributed by atoms with Crippen molar-refractivity contribution in [3.8, 4) is 5.75 Å². The molecule has 0 radical (unpaired) electrons. The third kappa shape index (κ3) is 4.00. The standard InChI is InChI=1S/C15H9Cl5O/c16-10-11(17)13(19)15(14(20)12(10)18)21-8-4-7-9-5-2-1-3-6-9/h1-7H,8H2. The van der Waals surface area contributed by atoms with Gasteiger partial charge in [-0.05, 0) is 11.6 Å². The summed E-state index contributed by atoms with van der Waals surface area (Å²) in [7, 11) is 0. The molecule has 2 aromatic rings. The summed E-state index contributed by atoms with van der Waals surface area (Å²) in [5, 5.41) is 0.637. The van der Waals surface area contributed by atoms with Crippen LogP contribution in [0.4, 0.5) is 0 Å². The lowest BCUT2D eigenvalue weighted by molar-refractivity contribution is 0.364. The molecule has 0 atom stereocenters. The van der Waals surface area contributed by atoms with Crippen molar-refractivity contribution in [1.82, 2.24) is 0 Å². The van der Waals surface area contributed by atoms with Gasteiger partial charge in [-0.25, -0.2) is 0 Å². The first kappa shape index (κ1) is 16.8. The summed E-state index contributed by atoms with van der Waals surface area (Å²) in [6.45, 7) is 0.266. The van der Waals surface area contributed by atoms with Crippen LogP contribution in [0.3, 0.4) is 0 Å². The zero-order chi connectivity index (χ0) is 15.4. The van der Waals surface area contributed by atoms with E-state index in [0.717, 1.165) is 5.56 Å². The number of hydrogen-bond donors (Lipinski definition) is 0. The highest BCUT2D eigenvalue weighted by atomic mass is 35.5. The number of halogens is 5. The zero-order valence-electron chi connectivity index (χ0n) is 10.5. The van der Waals surface area contributed by atoms with Gasteiger partial charge in [-0.1, -0.05) is 94.4 Å². The fraction of sp³-hybridized carbons (Fsp3) is 0.0667. The second-order valence-electron chi connectivity index (χ2n) is 4.02. The largest absolute Gasteiger partial charge is 0.486 e. The van der Waals surface area contributed by atoms with Crippen LogP contribution in [0.15, 0.2) is 36.4 Å². The molecule has 2 rings (SSSR count). The summed E-state index contributed by atoms with van der Waals surface area (Å²) in [6.07, 6.45) is 3.75. The number of hydrogen-bond acceptors (Lipinski definition) is 1. The van der Waals surface area contributed by atoms with E-state index in [-0.39, 0.29) is 37.5 Å². The van der Waals surface area contributed by atoms with Crippen molar-refractivity contribution in [2.45, 2.75) is 0 Å². The van der Waals surface area contributed by atoms with Crippen molar-refractivity contribution < 1.29 is 4.74 Å². The van der Waals surface area contributed by atoms with E-state index in [1.807, 2.05) is 42.5 Å². The molecule has 21 heavy (non-hydrogen) atoms. The molecule has 0 saturated heterocycles. The van der Waals surface area contributed by atoms with Gasteiger partial charge in [0.1, 0.15) is 16.7 Å². The minimum atomic E-state index is 0.112. The molecule has 0 heterocycles. The van der Waals surface area contributed by atoms with E-state index in [1.165, 1.54) is 0 Å². The Morgan fingerprint density at radius 2 is 1.29 bits per heavy atom. The topological polar surface area (TPSA) is 9.23 Å². The maximum atomic E-state index is 6.06. The van der Waals surface area contributed by atoms with Gasteiger partial charge in [0.25, 0.3) is 0 Å². The lowest BCUT2D eigenvalue weighted by Gasteiger charge is -2.12. The molecular weight excluding hydrogens is 373 g/mol. The molecular formula is C15H9Cl5O. The quantitative estimate of drug-likeness (QED) is 0.407. The van der Waals surface area contributed by atoms with Crippen LogP contribution in [-0.4, -0.2) is 6.61 Å². The number of ether oxygens (including phenoxy) is 1. The molecule has 0 aromatic heterocycles. The highest BCUT2D eigenvalue weighted by molar-refractivity contribution is 6.55. The Kier molecular flexibility index (Phi) is 6.09. The van der Waals surface area contributed by atoms with Crippen molar-refractivity contribution in [2.24, 2.45) is 0 Å². The van der Waals surface area contributed by atoms with Crippen LogP contribution in [0, 0.1) is 0 Å². The van der Waals surface area contributed by atoms with Gasteiger partial charge in [0, 0.05) is 0 Å². The van der Waals surface area contributed by atoms with E-state index in [0.29, 0.717) is 0 Å². The summed E-state index contributed by atoms with van der Waals surface area (Å²) in [6, 6.07) is 9.81. The minimum absolute atomic E-state index is 0.112. The maximum absolute atomic E-state index is 6.06. The van der Waals surface area contributed by atoms with Crippen LogP contribution in [0.5, 0.6) is 5.75 Å². The molecule has 0 fully saturated rings. The molecule has 0 aliphatic rings. The first-order valence-electron chi connectivity index (χ1n) is 5.88. The number of benzene rings is 2. The fourth-order valence-corrected chi connectivity index (χ4v) is 2.82. The molecule has 2 aromatic carbocycles. The normalized spacial score (nSPS) is 11.1. The lowest BCUT2D eigenvalue weighted by Crippen LogP contribution is -1.96. The molecule has 0 amide bonds. The second kappa shape index (κ2) is 7.62. The van der Waals surface area contributed by atoms with Crippen molar-refractivity contribution >= 4 is 64.1 Å². The van der Waals surface area contributed by atoms with Crippen molar-refractivity contribution in [3.05, 3.63) is 67.1 Å². The highest BCUT2D eigenvalue weighted by Crippen LogP contribution is 2.48. The van der Waals surface area contributed by atoms with Crippen LogP contribution < -0.4 is 4.74 Å². The molecule has 6 heteroatoms. The third-order valence-electron chi connectivity index (χ3n) is 2.60. The second-order valence-corrected chi connectivity index (χ2v) is 5.91. The van der Waals surface area contributed by atoms with Crippen LogP contribution in [-0.2, 0) is 0 Å². The Balaban J connectivity index is 2.13. The van der Waals surface area contributed by atoms with Gasteiger partial charge in [0.2, 0.25) is 0 Å². The van der Waals surface area contributed by atoms with Crippen LogP contribution in [0.25, 0.3) is 6.08 Å². The Morgan fingerprint density at radius 1 is 0.762 bits per heavy atom. The Hall–Kier alpha value is -0.570. The molecule has 0 aliphatic carbocycles. The van der Waals surface area contributed by atoms with Gasteiger partial charge in [-0.15, -0.1) is 0 Å². The summed E-state index contributed by atoms with van der Waals surface area (Å²) in [5.74, 6) is 0.218. The van der Waals surface area contributed by atoms with E-state index in [4.69, 9.17) is 62.7 Å². The van der Waals surface area contributed by atoms with Crippen LogP contribution >= 0.6 is 58.0 Å². The van der Waals surface area contributed by atoms with Gasteiger partial charge < -0.3 is 4.74 Å². The van der Waals surface area contributed by atoms with E-state index in [9.17, 15) is 0 Å². The molecule has 0 bridgehead atoms. The van der Waals surface area contributed by atoms with E-state index in [1.54, 1.807) is 0 Å². The summed E-state index contributed by atoms with van der Waals surface area (Å²) in [4.78, 5) is 0. The van der Waals surface area contributed by atoms with E-state index < -0.39 is 0 Å². The molecule has 0 unspecified atom stereocenters. The molecule has 1 nitrogen and oxygen atoms in total. The summed E-state index contributed by atoms with van der Waals surface area (Å²) in [5.41, 5.74) is 1.06. The predicted molar refractivity (Wildman–Crippen MR) is 92.5 cm³/mol. The van der Waals surface area contributed by atoms with E-state index in [2.05, 4.69) is 0 Å². The first-order valence-corrected chi connectivity index (χ1v) is 7.77. The van der Waals surface area contributed by atoms with Crippen LogP contribution in [0.2, 0.25) is 25.1 Å². The predicted octanol–water partition coefficient (Wildman–Crippen LogP) is 7.05. The minimum Gasteiger partial charge on any atom is -0.486 e. The van der Waals surface area contributed by atoms with Gasteiger partial charge in [0.15, 0.2) is 5.75 Å². The molecule has 0 N–H and O–H groups in total.